The Labute approximate surface area is 190 Å². The van der Waals surface area contributed by atoms with Crippen molar-refractivity contribution in [3.8, 4) is 0 Å². The molecule has 0 radical (unpaired) electrons. The van der Waals surface area contributed by atoms with E-state index in [4.69, 9.17) is 31.6 Å². The van der Waals surface area contributed by atoms with E-state index in [9.17, 15) is 14.4 Å². The van der Waals surface area contributed by atoms with Gasteiger partial charge in [-0.3, -0.25) is 14.4 Å². The summed E-state index contributed by atoms with van der Waals surface area (Å²) in [6, 6.07) is 0. The second kappa shape index (κ2) is 15.7. The molecule has 0 amide bonds. The van der Waals surface area contributed by atoms with Crippen LogP contribution in [0.25, 0.3) is 0 Å². The summed E-state index contributed by atoms with van der Waals surface area (Å²) in [5, 5.41) is 0. The number of hydrogen-bond donors (Lipinski definition) is 0. The third-order valence-electron chi connectivity index (χ3n) is 3.98. The van der Waals surface area contributed by atoms with E-state index in [2.05, 4.69) is 20.8 Å². The summed E-state index contributed by atoms with van der Waals surface area (Å²) in [6.45, 7) is 12.1. The Bertz CT molecular complexity index is 457. The number of ether oxygens (including phenoxy) is 4. The molecule has 168 valence electrons. The van der Waals surface area contributed by atoms with Crippen LogP contribution in [0.1, 0.15) is 48.5 Å². The standard InChI is InChI=1S/C12H18O7S.C6H15P.Au/c1-5-9(17-6(2)13)10(18-7(3)14)11(12(20)16-5)19-8(4)15;1-4-7(5-2)6-3;/h5,9-12,20H,1-4H3;4-6H2,1-3H3;/q;;+1/p-1/t5-,9-,10+,11+,12+;;/m0../s1. The number of hydrogen-bond acceptors (Lipinski definition) is 8. The van der Waals surface area contributed by atoms with E-state index in [1.54, 1.807) is 6.92 Å². The summed E-state index contributed by atoms with van der Waals surface area (Å²) < 4.78 is 20.7. The molecule has 1 rings (SSSR count). The zero-order valence-electron chi connectivity index (χ0n) is 17.5. The molecule has 0 N–H and O–H groups in total. The van der Waals surface area contributed by atoms with Crippen LogP contribution in [0, 0.1) is 0 Å². The summed E-state index contributed by atoms with van der Waals surface area (Å²) in [6.07, 6.45) is 0.781. The molecular weight excluding hydrogens is 588 g/mol. The van der Waals surface area contributed by atoms with Crippen LogP contribution < -0.4 is 0 Å². The normalized spacial score (nSPS) is 26.2. The van der Waals surface area contributed by atoms with Gasteiger partial charge in [-0.05, 0) is 30.8 Å². The Kier molecular flexibility index (Phi) is 16.9. The maximum atomic E-state index is 11.2. The number of carbonyl (C=O) groups is 3. The van der Waals surface area contributed by atoms with E-state index in [1.165, 1.54) is 39.3 Å². The largest absolute Gasteiger partial charge is 1.00 e. The van der Waals surface area contributed by atoms with Gasteiger partial charge in [0.25, 0.3) is 0 Å². The summed E-state index contributed by atoms with van der Waals surface area (Å²) >= 11 is 5.07. The Morgan fingerprint density at radius 1 is 0.821 bits per heavy atom. The zero-order valence-corrected chi connectivity index (χ0v) is 21.4. The summed E-state index contributed by atoms with van der Waals surface area (Å²) in [5.74, 6) is -1.76. The average Bonchev–Trinajstić information content (AvgIpc) is 2.56. The smallest absolute Gasteiger partial charge is 0.757 e. The molecule has 0 aromatic heterocycles. The summed E-state index contributed by atoms with van der Waals surface area (Å²) in [4.78, 5) is 33.5. The number of esters is 3. The molecule has 0 saturated carbocycles. The van der Waals surface area contributed by atoms with Gasteiger partial charge in [0.1, 0.15) is 6.10 Å². The second-order valence-electron chi connectivity index (χ2n) is 6.05. The summed E-state index contributed by atoms with van der Waals surface area (Å²) in [5.41, 5.74) is -0.898. The Morgan fingerprint density at radius 2 is 1.18 bits per heavy atom. The van der Waals surface area contributed by atoms with Crippen LogP contribution in [0.4, 0.5) is 0 Å². The molecule has 10 heteroatoms. The molecule has 1 aliphatic rings. The minimum atomic E-state index is -1.01. The number of carbonyl (C=O) groups excluding carboxylic acids is 3. The average molecular weight is 620 g/mol. The topological polar surface area (TPSA) is 88.1 Å². The van der Waals surface area contributed by atoms with Gasteiger partial charge in [0.15, 0.2) is 12.2 Å². The van der Waals surface area contributed by atoms with Crippen molar-refractivity contribution >= 4 is 38.5 Å². The molecule has 0 spiro atoms. The van der Waals surface area contributed by atoms with Crippen molar-refractivity contribution < 1.29 is 55.7 Å². The zero-order chi connectivity index (χ0) is 21.1. The molecule has 5 atom stereocenters. The van der Waals surface area contributed by atoms with Gasteiger partial charge in [-0.25, -0.2) is 0 Å². The van der Waals surface area contributed by atoms with Crippen molar-refractivity contribution in [2.45, 2.75) is 78.3 Å². The Balaban J connectivity index is 0. The molecule has 0 bridgehead atoms. The molecule has 0 aromatic rings. The molecule has 1 aliphatic heterocycles. The van der Waals surface area contributed by atoms with Crippen LogP contribution in [0.2, 0.25) is 0 Å². The Hall–Kier alpha value is -0.110. The van der Waals surface area contributed by atoms with Gasteiger partial charge in [0, 0.05) is 20.8 Å². The van der Waals surface area contributed by atoms with Gasteiger partial charge < -0.3 is 31.6 Å². The predicted octanol–water partition coefficient (Wildman–Crippen LogP) is 2.60. The fourth-order valence-electron chi connectivity index (χ4n) is 2.64. The van der Waals surface area contributed by atoms with Crippen molar-refractivity contribution in [2.75, 3.05) is 18.5 Å². The van der Waals surface area contributed by atoms with Crippen LogP contribution in [0.15, 0.2) is 0 Å². The first-order valence-electron chi connectivity index (χ1n) is 9.12. The molecule has 1 saturated heterocycles. The van der Waals surface area contributed by atoms with Crippen molar-refractivity contribution in [3.05, 3.63) is 0 Å². The molecule has 0 aromatic carbocycles. The van der Waals surface area contributed by atoms with Gasteiger partial charge in [-0.1, -0.05) is 20.8 Å². The van der Waals surface area contributed by atoms with E-state index in [0.717, 1.165) is 0 Å². The van der Waals surface area contributed by atoms with Gasteiger partial charge in [-0.2, -0.15) is 0 Å². The number of rotatable bonds is 6. The minimum absolute atomic E-state index is 0. The van der Waals surface area contributed by atoms with E-state index in [-0.39, 0.29) is 22.4 Å². The van der Waals surface area contributed by atoms with Crippen molar-refractivity contribution in [3.63, 3.8) is 0 Å². The van der Waals surface area contributed by atoms with Crippen LogP contribution >= 0.6 is 7.92 Å². The van der Waals surface area contributed by atoms with E-state index in [1.807, 2.05) is 0 Å². The molecule has 7 nitrogen and oxygen atoms in total. The third-order valence-corrected chi connectivity index (χ3v) is 7.04. The monoisotopic (exact) mass is 620 g/mol. The first-order chi connectivity index (χ1) is 12.6. The minimum Gasteiger partial charge on any atom is -0.757 e. The van der Waals surface area contributed by atoms with Crippen LogP contribution in [-0.2, 0) is 68.3 Å². The van der Waals surface area contributed by atoms with Crippen molar-refractivity contribution in [1.82, 2.24) is 0 Å². The van der Waals surface area contributed by atoms with Crippen LogP contribution in [-0.4, -0.2) is 66.2 Å². The van der Waals surface area contributed by atoms with Crippen LogP contribution in [0.3, 0.4) is 0 Å². The van der Waals surface area contributed by atoms with E-state index in [0.29, 0.717) is 7.92 Å². The first-order valence-corrected chi connectivity index (χ1v) is 11.5. The van der Waals surface area contributed by atoms with E-state index >= 15 is 0 Å². The second-order valence-corrected chi connectivity index (χ2v) is 9.75. The molecule has 28 heavy (non-hydrogen) atoms. The molecule has 0 aliphatic carbocycles. The molecule has 1 fully saturated rings. The molecular formula is C18H32AuO7PS. The van der Waals surface area contributed by atoms with Crippen molar-refractivity contribution in [2.24, 2.45) is 0 Å². The van der Waals surface area contributed by atoms with Gasteiger partial charge in [0.2, 0.25) is 0 Å². The summed E-state index contributed by atoms with van der Waals surface area (Å²) in [7, 11) is 0.446. The molecule has 0 unspecified atom stereocenters. The SMILES string of the molecule is CC(=O)O[C@@H]1[C@@H](OC(C)=O)[C@H](C)O[C@H]([S-])[C@@H]1OC(C)=O.CCP(CC)CC.[Au+]. The fraction of sp³-hybridized carbons (Fsp3) is 0.833. The van der Waals surface area contributed by atoms with E-state index < -0.39 is 47.8 Å². The van der Waals surface area contributed by atoms with Crippen molar-refractivity contribution in [1.29, 1.82) is 0 Å². The Morgan fingerprint density at radius 3 is 1.50 bits per heavy atom. The van der Waals surface area contributed by atoms with Gasteiger partial charge >= 0.3 is 40.3 Å². The van der Waals surface area contributed by atoms with Crippen LogP contribution in [0.5, 0.6) is 0 Å². The fourth-order valence-corrected chi connectivity index (χ4v) is 4.37. The quantitative estimate of drug-likeness (QED) is 0.147. The predicted molar refractivity (Wildman–Crippen MR) is 107 cm³/mol. The maximum Gasteiger partial charge on any atom is 1.00 e. The third kappa shape index (κ3) is 11.2. The van der Waals surface area contributed by atoms with Gasteiger partial charge in [-0.15, -0.1) is 7.92 Å². The first kappa shape index (κ1) is 30.1. The molecule has 1 heterocycles. The van der Waals surface area contributed by atoms with Gasteiger partial charge in [0.05, 0.1) is 6.10 Å². The maximum absolute atomic E-state index is 11.2.